The van der Waals surface area contributed by atoms with Crippen LogP contribution in [-0.2, 0) is 15.0 Å². The number of aliphatic hydroxyl groups excluding tert-OH is 3. The van der Waals surface area contributed by atoms with E-state index in [-0.39, 0.29) is 13.1 Å². The zero-order valence-corrected chi connectivity index (χ0v) is 11.7. The van der Waals surface area contributed by atoms with Gasteiger partial charge in [0.25, 0.3) is 10.2 Å². The lowest BCUT2D eigenvalue weighted by molar-refractivity contribution is -0.142. The van der Waals surface area contributed by atoms with E-state index in [2.05, 4.69) is 0 Å². The first-order valence-electron chi connectivity index (χ1n) is 6.14. The summed E-state index contributed by atoms with van der Waals surface area (Å²) in [6.45, 7) is -2.37. The fourth-order valence-corrected chi connectivity index (χ4v) is 3.56. The Bertz CT molecular complexity index is 427. The van der Waals surface area contributed by atoms with E-state index in [4.69, 9.17) is 20.4 Å². The molecular weight excluding hydrogens is 292 g/mol. The largest absolute Gasteiger partial charge is 0.481 e. The molecule has 0 aromatic heterocycles. The van der Waals surface area contributed by atoms with Gasteiger partial charge < -0.3 is 20.4 Å². The quantitative estimate of drug-likeness (QED) is 0.344. The molecule has 1 rings (SSSR count). The summed E-state index contributed by atoms with van der Waals surface area (Å²) in [6, 6.07) is 0. The Morgan fingerprint density at radius 1 is 1.25 bits per heavy atom. The average molecular weight is 312 g/mol. The second-order valence-electron chi connectivity index (χ2n) is 4.90. The molecule has 0 bridgehead atoms. The van der Waals surface area contributed by atoms with Crippen LogP contribution in [0.3, 0.4) is 0 Å². The van der Waals surface area contributed by atoms with Gasteiger partial charge >= 0.3 is 5.97 Å². The van der Waals surface area contributed by atoms with Crippen LogP contribution in [0.15, 0.2) is 0 Å². The number of hydrogen-bond donors (Lipinski definition) is 5. The molecule has 0 aromatic rings. The number of rotatable bonds is 7. The van der Waals surface area contributed by atoms with Gasteiger partial charge in [0.15, 0.2) is 0 Å². The molecule has 0 aliphatic carbocycles. The van der Waals surface area contributed by atoms with Crippen LogP contribution >= 0.6 is 0 Å². The summed E-state index contributed by atoms with van der Waals surface area (Å²) in [7, 11) is -4.10. The molecule has 1 atom stereocenters. The molecule has 1 unspecified atom stereocenters. The molecule has 1 heterocycles. The van der Waals surface area contributed by atoms with E-state index in [0.717, 1.165) is 4.31 Å². The van der Waals surface area contributed by atoms with Crippen molar-refractivity contribution in [1.82, 2.24) is 9.03 Å². The van der Waals surface area contributed by atoms with E-state index in [9.17, 15) is 13.2 Å². The Hall–Kier alpha value is -0.780. The SMILES string of the molecule is O=C(O)C1CCCN(S(=O)(=O)NC(CO)(CO)CO)C1. The van der Waals surface area contributed by atoms with Crippen molar-refractivity contribution in [2.45, 2.75) is 18.4 Å². The highest BCUT2D eigenvalue weighted by molar-refractivity contribution is 7.87. The average Bonchev–Trinajstić information content (AvgIpc) is 2.45. The van der Waals surface area contributed by atoms with Gasteiger partial charge in [-0.2, -0.15) is 17.4 Å². The van der Waals surface area contributed by atoms with Gasteiger partial charge in [-0.3, -0.25) is 4.79 Å². The van der Waals surface area contributed by atoms with Gasteiger partial charge in [-0.1, -0.05) is 0 Å². The normalized spacial score (nSPS) is 21.9. The van der Waals surface area contributed by atoms with Crippen molar-refractivity contribution in [3.63, 3.8) is 0 Å². The molecule has 9 nitrogen and oxygen atoms in total. The predicted octanol–water partition coefficient (Wildman–Crippen LogP) is -2.67. The van der Waals surface area contributed by atoms with Crippen molar-refractivity contribution in [3.05, 3.63) is 0 Å². The number of carbonyl (C=O) groups is 1. The summed E-state index contributed by atoms with van der Waals surface area (Å²) < 4.78 is 27.3. The first-order valence-corrected chi connectivity index (χ1v) is 7.58. The molecule has 1 aliphatic rings. The van der Waals surface area contributed by atoms with Crippen LogP contribution in [-0.4, -0.2) is 77.6 Å². The molecule has 1 fully saturated rings. The van der Waals surface area contributed by atoms with Gasteiger partial charge in [0.1, 0.15) is 5.54 Å². The Balaban J connectivity index is 2.85. The van der Waals surface area contributed by atoms with Crippen LogP contribution in [0.1, 0.15) is 12.8 Å². The number of aliphatic hydroxyl groups is 3. The second kappa shape index (κ2) is 6.78. The van der Waals surface area contributed by atoms with Gasteiger partial charge in [-0.15, -0.1) is 0 Å². The highest BCUT2D eigenvalue weighted by Crippen LogP contribution is 2.20. The first kappa shape index (κ1) is 17.3. The monoisotopic (exact) mass is 312 g/mol. The third-order valence-corrected chi connectivity index (χ3v) is 5.03. The minimum Gasteiger partial charge on any atom is -0.481 e. The van der Waals surface area contributed by atoms with E-state index in [0.29, 0.717) is 12.8 Å². The maximum Gasteiger partial charge on any atom is 0.307 e. The zero-order chi connectivity index (χ0) is 15.4. The molecule has 0 aromatic carbocycles. The molecule has 1 saturated heterocycles. The Morgan fingerprint density at radius 2 is 1.80 bits per heavy atom. The number of aliphatic carboxylic acids is 1. The minimum absolute atomic E-state index is 0.150. The van der Waals surface area contributed by atoms with Gasteiger partial charge in [-0.25, -0.2) is 0 Å². The topological polar surface area (TPSA) is 147 Å². The number of hydrogen-bond acceptors (Lipinski definition) is 6. The van der Waals surface area contributed by atoms with E-state index < -0.39 is 47.5 Å². The van der Waals surface area contributed by atoms with Crippen molar-refractivity contribution in [2.24, 2.45) is 5.92 Å². The lowest BCUT2D eigenvalue weighted by Gasteiger charge is -2.34. The van der Waals surface area contributed by atoms with Gasteiger partial charge in [0.05, 0.1) is 25.7 Å². The van der Waals surface area contributed by atoms with E-state index in [1.54, 1.807) is 0 Å². The predicted molar refractivity (Wildman–Crippen MR) is 68.0 cm³/mol. The molecule has 0 saturated carbocycles. The maximum absolute atomic E-state index is 12.1. The summed E-state index contributed by atoms with van der Waals surface area (Å²) in [6.07, 6.45) is 0.800. The number of nitrogens with zero attached hydrogens (tertiary/aromatic N) is 1. The molecule has 1 aliphatic heterocycles. The molecule has 0 spiro atoms. The fraction of sp³-hybridized carbons (Fsp3) is 0.900. The third-order valence-electron chi connectivity index (χ3n) is 3.33. The highest BCUT2D eigenvalue weighted by atomic mass is 32.2. The zero-order valence-electron chi connectivity index (χ0n) is 10.9. The lowest BCUT2D eigenvalue weighted by atomic mass is 10.0. The molecule has 118 valence electrons. The van der Waals surface area contributed by atoms with Gasteiger partial charge in [0.2, 0.25) is 0 Å². The molecule has 0 amide bonds. The highest BCUT2D eigenvalue weighted by Gasteiger charge is 2.38. The van der Waals surface area contributed by atoms with Crippen molar-refractivity contribution >= 4 is 16.2 Å². The fourth-order valence-electron chi connectivity index (χ4n) is 1.95. The Kier molecular flexibility index (Phi) is 5.86. The summed E-state index contributed by atoms with van der Waals surface area (Å²) in [4.78, 5) is 10.9. The van der Waals surface area contributed by atoms with Crippen LogP contribution in [0.2, 0.25) is 0 Å². The molecule has 5 N–H and O–H groups in total. The molecular formula is C10H20N2O7S. The van der Waals surface area contributed by atoms with Crippen LogP contribution in [0.4, 0.5) is 0 Å². The smallest absolute Gasteiger partial charge is 0.307 e. The van der Waals surface area contributed by atoms with Crippen molar-refractivity contribution in [1.29, 1.82) is 0 Å². The van der Waals surface area contributed by atoms with Crippen molar-refractivity contribution < 1.29 is 33.6 Å². The number of piperidine rings is 1. The Labute approximate surface area is 117 Å². The van der Waals surface area contributed by atoms with Crippen LogP contribution in [0, 0.1) is 5.92 Å². The van der Waals surface area contributed by atoms with E-state index in [1.165, 1.54) is 0 Å². The van der Waals surface area contributed by atoms with Crippen LogP contribution < -0.4 is 4.72 Å². The van der Waals surface area contributed by atoms with E-state index >= 15 is 0 Å². The maximum atomic E-state index is 12.1. The summed E-state index contributed by atoms with van der Waals surface area (Å²) >= 11 is 0. The minimum atomic E-state index is -4.10. The standard InChI is InChI=1S/C10H20N2O7S/c13-5-10(6-14,7-15)11-20(18,19)12-3-1-2-8(4-12)9(16)17/h8,11,13-15H,1-7H2,(H,16,17). The van der Waals surface area contributed by atoms with Crippen molar-refractivity contribution in [3.8, 4) is 0 Å². The summed E-state index contributed by atoms with van der Waals surface area (Å²) in [5, 5.41) is 36.3. The number of carboxylic acids is 1. The van der Waals surface area contributed by atoms with Gasteiger partial charge in [0, 0.05) is 13.1 Å². The molecule has 10 heteroatoms. The second-order valence-corrected chi connectivity index (χ2v) is 6.57. The number of carboxylic acid groups (broad SMARTS) is 1. The van der Waals surface area contributed by atoms with Crippen LogP contribution in [0.25, 0.3) is 0 Å². The lowest BCUT2D eigenvalue weighted by Crippen LogP contribution is -2.61. The molecule has 0 radical (unpaired) electrons. The Morgan fingerprint density at radius 3 is 2.25 bits per heavy atom. The first-order chi connectivity index (χ1) is 9.30. The summed E-state index contributed by atoms with van der Waals surface area (Å²) in [5.74, 6) is -1.85. The number of nitrogens with one attached hydrogen (secondary N) is 1. The van der Waals surface area contributed by atoms with E-state index in [1.807, 2.05) is 4.72 Å². The third kappa shape index (κ3) is 3.87. The summed E-state index contributed by atoms with van der Waals surface area (Å²) in [5.41, 5.74) is -1.77. The van der Waals surface area contributed by atoms with Crippen LogP contribution in [0.5, 0.6) is 0 Å². The van der Waals surface area contributed by atoms with Crippen molar-refractivity contribution in [2.75, 3.05) is 32.9 Å². The van der Waals surface area contributed by atoms with Gasteiger partial charge in [-0.05, 0) is 12.8 Å². The molecule has 20 heavy (non-hydrogen) atoms.